The van der Waals surface area contributed by atoms with Crippen LogP contribution in [0.2, 0.25) is 0 Å². The Morgan fingerprint density at radius 2 is 2.11 bits per heavy atom. The molecule has 2 rings (SSSR count). The molecule has 18 heavy (non-hydrogen) atoms. The Morgan fingerprint density at radius 1 is 1.33 bits per heavy atom. The molecule has 1 amide bonds. The number of phenols is 2. The number of phenolic OH excluding ortho intramolecular Hbond substituents is 2. The van der Waals surface area contributed by atoms with Crippen LogP contribution in [0, 0.1) is 5.92 Å². The second-order valence-electron chi connectivity index (χ2n) is 5.14. The fourth-order valence-electron chi connectivity index (χ4n) is 2.92. The Morgan fingerprint density at radius 3 is 2.78 bits per heavy atom. The second-order valence-corrected chi connectivity index (χ2v) is 5.14. The molecule has 1 aliphatic rings. The Bertz CT molecular complexity index is 445. The zero-order valence-electron chi connectivity index (χ0n) is 10.3. The Kier molecular flexibility index (Phi) is 3.75. The number of primary amides is 1. The van der Waals surface area contributed by atoms with Gasteiger partial charge in [0.05, 0.1) is 0 Å². The zero-order valence-corrected chi connectivity index (χ0v) is 10.3. The van der Waals surface area contributed by atoms with Crippen molar-refractivity contribution in [2.24, 2.45) is 11.7 Å². The topological polar surface area (TPSA) is 83.6 Å². The lowest BCUT2D eigenvalue weighted by atomic mass is 9.76. The van der Waals surface area contributed by atoms with Crippen LogP contribution in [0.3, 0.4) is 0 Å². The van der Waals surface area contributed by atoms with Gasteiger partial charge in [-0.25, -0.2) is 0 Å². The van der Waals surface area contributed by atoms with Crippen molar-refractivity contribution in [1.29, 1.82) is 0 Å². The van der Waals surface area contributed by atoms with Crippen molar-refractivity contribution in [3.05, 3.63) is 23.8 Å². The van der Waals surface area contributed by atoms with Crippen molar-refractivity contribution >= 4 is 5.91 Å². The maximum atomic E-state index is 11.0. The van der Waals surface area contributed by atoms with Crippen molar-refractivity contribution in [2.75, 3.05) is 0 Å². The molecule has 98 valence electrons. The van der Waals surface area contributed by atoms with Gasteiger partial charge in [0.25, 0.3) is 0 Å². The molecule has 1 aromatic carbocycles. The molecule has 4 N–H and O–H groups in total. The number of benzene rings is 1. The van der Waals surface area contributed by atoms with Gasteiger partial charge < -0.3 is 15.9 Å². The maximum Gasteiger partial charge on any atom is 0.217 e. The van der Waals surface area contributed by atoms with E-state index in [9.17, 15) is 15.0 Å². The van der Waals surface area contributed by atoms with Gasteiger partial charge in [-0.1, -0.05) is 12.5 Å². The molecule has 4 heteroatoms. The van der Waals surface area contributed by atoms with E-state index in [1.54, 1.807) is 12.1 Å². The molecule has 0 aliphatic heterocycles. The smallest absolute Gasteiger partial charge is 0.217 e. The van der Waals surface area contributed by atoms with E-state index in [1.807, 2.05) is 0 Å². The first-order valence-corrected chi connectivity index (χ1v) is 6.36. The lowest BCUT2D eigenvalue weighted by Gasteiger charge is -2.29. The molecule has 0 spiro atoms. The van der Waals surface area contributed by atoms with Gasteiger partial charge in [-0.05, 0) is 42.7 Å². The number of carbonyl (C=O) groups is 1. The predicted octanol–water partition coefficient (Wildman–Crippen LogP) is 2.25. The van der Waals surface area contributed by atoms with Crippen LogP contribution in [-0.2, 0) is 4.79 Å². The molecule has 0 bridgehead atoms. The lowest BCUT2D eigenvalue weighted by Crippen LogP contribution is -2.21. The van der Waals surface area contributed by atoms with Gasteiger partial charge in [0, 0.05) is 12.5 Å². The summed E-state index contributed by atoms with van der Waals surface area (Å²) in [6.45, 7) is 0. The summed E-state index contributed by atoms with van der Waals surface area (Å²) in [7, 11) is 0. The molecule has 1 saturated carbocycles. The molecule has 0 aromatic heterocycles. The normalized spacial score (nSPS) is 23.8. The van der Waals surface area contributed by atoms with Crippen molar-refractivity contribution < 1.29 is 15.0 Å². The number of aromatic hydroxyl groups is 2. The van der Waals surface area contributed by atoms with Crippen LogP contribution in [-0.4, -0.2) is 16.1 Å². The second kappa shape index (κ2) is 5.29. The molecule has 1 fully saturated rings. The Balaban J connectivity index is 2.10. The standard InChI is InChI=1S/C14H19NO3/c15-14(18)7-9-2-1-3-10(6-9)12-5-4-11(16)8-13(12)17/h4-5,8-10,16-17H,1-3,6-7H2,(H2,15,18). The number of carbonyl (C=O) groups excluding carboxylic acids is 1. The van der Waals surface area contributed by atoms with E-state index in [1.165, 1.54) is 6.07 Å². The first kappa shape index (κ1) is 12.7. The first-order valence-electron chi connectivity index (χ1n) is 6.36. The Hall–Kier alpha value is -1.71. The molecule has 4 nitrogen and oxygen atoms in total. The number of rotatable bonds is 3. The highest BCUT2D eigenvalue weighted by Gasteiger charge is 2.26. The van der Waals surface area contributed by atoms with Crippen LogP contribution < -0.4 is 5.73 Å². The predicted molar refractivity (Wildman–Crippen MR) is 68.3 cm³/mol. The zero-order chi connectivity index (χ0) is 13.1. The summed E-state index contributed by atoms with van der Waals surface area (Å²) in [6, 6.07) is 4.72. The molecule has 1 aromatic rings. The summed E-state index contributed by atoms with van der Waals surface area (Å²) in [5, 5.41) is 19.1. The molecule has 2 unspecified atom stereocenters. The molecular formula is C14H19NO3. The number of nitrogens with two attached hydrogens (primary N) is 1. The molecule has 1 aliphatic carbocycles. The van der Waals surface area contributed by atoms with E-state index in [0.29, 0.717) is 12.3 Å². The van der Waals surface area contributed by atoms with E-state index >= 15 is 0 Å². The number of hydrogen-bond donors (Lipinski definition) is 3. The van der Waals surface area contributed by atoms with Crippen LogP contribution in [0.5, 0.6) is 11.5 Å². The van der Waals surface area contributed by atoms with E-state index in [2.05, 4.69) is 0 Å². The van der Waals surface area contributed by atoms with Crippen LogP contribution in [0.15, 0.2) is 18.2 Å². The van der Waals surface area contributed by atoms with Gasteiger partial charge in [0.15, 0.2) is 0 Å². The van der Waals surface area contributed by atoms with E-state index in [0.717, 1.165) is 31.2 Å². The molecule has 0 heterocycles. The summed E-state index contributed by atoms with van der Waals surface area (Å²) >= 11 is 0. The fourth-order valence-corrected chi connectivity index (χ4v) is 2.92. The third kappa shape index (κ3) is 2.94. The molecule has 0 saturated heterocycles. The highest BCUT2D eigenvalue weighted by atomic mass is 16.3. The SMILES string of the molecule is NC(=O)CC1CCCC(c2ccc(O)cc2O)C1. The average Bonchev–Trinajstić information content (AvgIpc) is 2.28. The van der Waals surface area contributed by atoms with Crippen molar-refractivity contribution in [2.45, 2.75) is 38.0 Å². The largest absolute Gasteiger partial charge is 0.508 e. The van der Waals surface area contributed by atoms with Crippen LogP contribution >= 0.6 is 0 Å². The minimum absolute atomic E-state index is 0.0701. The quantitative estimate of drug-likeness (QED) is 0.768. The van der Waals surface area contributed by atoms with E-state index in [-0.39, 0.29) is 23.3 Å². The van der Waals surface area contributed by atoms with Gasteiger partial charge in [0.1, 0.15) is 11.5 Å². The maximum absolute atomic E-state index is 11.0. The summed E-state index contributed by atoms with van der Waals surface area (Å²) in [6.07, 6.45) is 4.38. The third-order valence-corrected chi connectivity index (χ3v) is 3.73. The van der Waals surface area contributed by atoms with Crippen molar-refractivity contribution in [3.8, 4) is 11.5 Å². The van der Waals surface area contributed by atoms with Crippen LogP contribution in [0.4, 0.5) is 0 Å². The first-order chi connectivity index (χ1) is 8.56. The van der Waals surface area contributed by atoms with Crippen molar-refractivity contribution in [1.82, 2.24) is 0 Å². The summed E-state index contributed by atoms with van der Waals surface area (Å²) in [4.78, 5) is 11.0. The lowest BCUT2D eigenvalue weighted by molar-refractivity contribution is -0.119. The number of hydrogen-bond acceptors (Lipinski definition) is 3. The van der Waals surface area contributed by atoms with Gasteiger partial charge in [-0.3, -0.25) is 4.79 Å². The summed E-state index contributed by atoms with van der Waals surface area (Å²) < 4.78 is 0. The summed E-state index contributed by atoms with van der Waals surface area (Å²) in [5.41, 5.74) is 6.10. The third-order valence-electron chi connectivity index (χ3n) is 3.73. The van der Waals surface area contributed by atoms with E-state index in [4.69, 9.17) is 5.73 Å². The monoisotopic (exact) mass is 249 g/mol. The Labute approximate surface area is 106 Å². The summed E-state index contributed by atoms with van der Waals surface area (Å²) in [5.74, 6) is 0.522. The van der Waals surface area contributed by atoms with Crippen LogP contribution in [0.25, 0.3) is 0 Å². The van der Waals surface area contributed by atoms with Gasteiger partial charge in [-0.2, -0.15) is 0 Å². The average molecular weight is 249 g/mol. The molecule has 2 atom stereocenters. The minimum Gasteiger partial charge on any atom is -0.508 e. The minimum atomic E-state index is -0.254. The fraction of sp³-hybridized carbons (Fsp3) is 0.500. The van der Waals surface area contributed by atoms with Crippen molar-refractivity contribution in [3.63, 3.8) is 0 Å². The van der Waals surface area contributed by atoms with Crippen LogP contribution in [0.1, 0.15) is 43.6 Å². The highest BCUT2D eigenvalue weighted by Crippen LogP contribution is 2.41. The van der Waals surface area contributed by atoms with Gasteiger partial charge in [-0.15, -0.1) is 0 Å². The molecule has 0 radical (unpaired) electrons. The van der Waals surface area contributed by atoms with Gasteiger partial charge >= 0.3 is 0 Å². The number of amides is 1. The van der Waals surface area contributed by atoms with E-state index < -0.39 is 0 Å². The van der Waals surface area contributed by atoms with Gasteiger partial charge in [0.2, 0.25) is 5.91 Å². The molecular weight excluding hydrogens is 230 g/mol. The highest BCUT2D eigenvalue weighted by molar-refractivity contribution is 5.74.